The summed E-state index contributed by atoms with van der Waals surface area (Å²) in [4.78, 5) is 32.6. The van der Waals surface area contributed by atoms with Gasteiger partial charge in [0.2, 0.25) is 5.91 Å². The second-order valence-electron chi connectivity index (χ2n) is 9.17. The number of morpholine rings is 1. The van der Waals surface area contributed by atoms with Crippen molar-refractivity contribution in [1.82, 2.24) is 14.7 Å². The van der Waals surface area contributed by atoms with Crippen molar-refractivity contribution in [2.45, 2.75) is 13.0 Å². The summed E-state index contributed by atoms with van der Waals surface area (Å²) in [6.45, 7) is 4.83. The number of amides is 3. The van der Waals surface area contributed by atoms with Crippen LogP contribution in [0.1, 0.15) is 11.3 Å². The van der Waals surface area contributed by atoms with Gasteiger partial charge in [0.15, 0.2) is 0 Å². The molecule has 3 aromatic rings. The number of ether oxygens (including phenoxy) is 2. The Kier molecular flexibility index (Phi) is 10.2. The van der Waals surface area contributed by atoms with E-state index in [9.17, 15) is 9.59 Å². The molecule has 1 aromatic heterocycles. The normalized spacial score (nSPS) is 13.6. The molecule has 2 heterocycles. The first-order chi connectivity index (χ1) is 18.6. The standard InChI is InChI=1S/C29H36N4O5/c1-36-26-10-5-9-25(21-26)30-29(35)33(15-14-31-16-19-37-20-17-31)23-28(34)32(22-27-11-6-18-38-27)13-12-24-7-3-2-4-8-24/h2-11,18,21H,12-17,19-20,22-23H2,1H3,(H,30,35). The van der Waals surface area contributed by atoms with Gasteiger partial charge in [-0.25, -0.2) is 4.79 Å². The van der Waals surface area contributed by atoms with Gasteiger partial charge in [0.25, 0.3) is 0 Å². The lowest BCUT2D eigenvalue weighted by Gasteiger charge is -2.31. The summed E-state index contributed by atoms with van der Waals surface area (Å²) < 4.78 is 16.3. The molecule has 9 heteroatoms. The number of carbonyl (C=O) groups is 2. The van der Waals surface area contributed by atoms with Crippen LogP contribution < -0.4 is 10.1 Å². The fourth-order valence-electron chi connectivity index (χ4n) is 4.30. The highest BCUT2D eigenvalue weighted by Crippen LogP contribution is 2.17. The first-order valence-electron chi connectivity index (χ1n) is 12.9. The van der Waals surface area contributed by atoms with E-state index in [2.05, 4.69) is 10.2 Å². The summed E-state index contributed by atoms with van der Waals surface area (Å²) >= 11 is 0. The Hall–Kier alpha value is -3.82. The number of carbonyl (C=O) groups excluding carboxylic acids is 2. The van der Waals surface area contributed by atoms with Crippen LogP contribution in [0, 0.1) is 0 Å². The molecule has 1 aliphatic rings. The third kappa shape index (κ3) is 8.36. The van der Waals surface area contributed by atoms with E-state index in [0.29, 0.717) is 63.0 Å². The summed E-state index contributed by atoms with van der Waals surface area (Å²) in [6, 6.07) is 20.6. The second-order valence-corrected chi connectivity index (χ2v) is 9.17. The van der Waals surface area contributed by atoms with Crippen LogP contribution in [0.25, 0.3) is 0 Å². The Morgan fingerprint density at radius 3 is 2.53 bits per heavy atom. The van der Waals surface area contributed by atoms with Crippen LogP contribution in [0.3, 0.4) is 0 Å². The Balaban J connectivity index is 1.46. The number of hydrogen-bond acceptors (Lipinski definition) is 6. The molecular formula is C29H36N4O5. The van der Waals surface area contributed by atoms with E-state index >= 15 is 0 Å². The smallest absolute Gasteiger partial charge is 0.322 e. The Morgan fingerprint density at radius 1 is 0.974 bits per heavy atom. The molecule has 202 valence electrons. The van der Waals surface area contributed by atoms with Crippen LogP contribution in [0.15, 0.2) is 77.4 Å². The maximum absolute atomic E-state index is 13.6. The van der Waals surface area contributed by atoms with E-state index < -0.39 is 0 Å². The van der Waals surface area contributed by atoms with E-state index in [1.165, 1.54) is 0 Å². The van der Waals surface area contributed by atoms with Gasteiger partial charge in [-0.3, -0.25) is 9.69 Å². The quantitative estimate of drug-likeness (QED) is 0.392. The SMILES string of the molecule is COc1cccc(NC(=O)N(CCN2CCOCC2)CC(=O)N(CCc2ccccc2)Cc2ccco2)c1. The number of furan rings is 1. The van der Waals surface area contributed by atoms with Gasteiger partial charge in [-0.2, -0.15) is 0 Å². The number of urea groups is 1. The number of nitrogens with one attached hydrogen (secondary N) is 1. The molecule has 2 aromatic carbocycles. The number of benzene rings is 2. The van der Waals surface area contributed by atoms with E-state index in [0.717, 1.165) is 18.7 Å². The van der Waals surface area contributed by atoms with Crippen molar-refractivity contribution in [2.75, 3.05) is 64.9 Å². The van der Waals surface area contributed by atoms with Gasteiger partial charge in [0.05, 0.1) is 33.1 Å². The number of rotatable bonds is 12. The van der Waals surface area contributed by atoms with Crippen molar-refractivity contribution in [3.63, 3.8) is 0 Å². The molecule has 3 amide bonds. The zero-order valence-corrected chi connectivity index (χ0v) is 21.9. The van der Waals surface area contributed by atoms with Crippen molar-refractivity contribution in [1.29, 1.82) is 0 Å². The van der Waals surface area contributed by atoms with Crippen molar-refractivity contribution < 1.29 is 23.5 Å². The Labute approximate surface area is 223 Å². The predicted molar refractivity (Wildman–Crippen MR) is 145 cm³/mol. The summed E-state index contributed by atoms with van der Waals surface area (Å²) in [5, 5.41) is 2.93. The van der Waals surface area contributed by atoms with Crippen molar-refractivity contribution in [3.8, 4) is 5.75 Å². The zero-order chi connectivity index (χ0) is 26.6. The molecule has 9 nitrogen and oxygen atoms in total. The van der Waals surface area contributed by atoms with Crippen LogP contribution in [-0.2, 0) is 22.5 Å². The van der Waals surface area contributed by atoms with E-state index in [1.54, 1.807) is 35.3 Å². The third-order valence-corrected chi connectivity index (χ3v) is 6.52. The fraction of sp³-hybridized carbons (Fsp3) is 0.379. The molecule has 1 N–H and O–H groups in total. The molecule has 1 saturated heterocycles. The molecule has 0 saturated carbocycles. The highest BCUT2D eigenvalue weighted by atomic mass is 16.5. The van der Waals surface area contributed by atoms with Crippen molar-refractivity contribution in [3.05, 3.63) is 84.3 Å². The van der Waals surface area contributed by atoms with Gasteiger partial charge in [-0.1, -0.05) is 36.4 Å². The Bertz CT molecular complexity index is 1130. The summed E-state index contributed by atoms with van der Waals surface area (Å²) in [7, 11) is 1.58. The first kappa shape index (κ1) is 27.2. The predicted octanol–water partition coefficient (Wildman–Crippen LogP) is 3.73. The molecule has 0 aliphatic carbocycles. The lowest BCUT2D eigenvalue weighted by Crippen LogP contribution is -2.48. The first-order valence-corrected chi connectivity index (χ1v) is 12.9. The minimum atomic E-state index is -0.333. The minimum absolute atomic E-state index is 0.0460. The average molecular weight is 521 g/mol. The van der Waals surface area contributed by atoms with Gasteiger partial charge in [0.1, 0.15) is 18.1 Å². The molecule has 4 rings (SSSR count). The monoisotopic (exact) mass is 520 g/mol. The van der Waals surface area contributed by atoms with E-state index in [1.807, 2.05) is 54.6 Å². The number of hydrogen-bond donors (Lipinski definition) is 1. The summed E-state index contributed by atoms with van der Waals surface area (Å²) in [5.74, 6) is 1.21. The summed E-state index contributed by atoms with van der Waals surface area (Å²) in [6.07, 6.45) is 2.31. The summed E-state index contributed by atoms with van der Waals surface area (Å²) in [5.41, 5.74) is 1.75. The van der Waals surface area contributed by atoms with Crippen LogP contribution >= 0.6 is 0 Å². The largest absolute Gasteiger partial charge is 0.497 e. The van der Waals surface area contributed by atoms with Crippen LogP contribution in [0.4, 0.5) is 10.5 Å². The molecule has 0 radical (unpaired) electrons. The molecule has 0 unspecified atom stereocenters. The average Bonchev–Trinajstić information content (AvgIpc) is 3.47. The highest BCUT2D eigenvalue weighted by molar-refractivity contribution is 5.92. The third-order valence-electron chi connectivity index (χ3n) is 6.52. The van der Waals surface area contributed by atoms with Crippen molar-refractivity contribution >= 4 is 17.6 Å². The minimum Gasteiger partial charge on any atom is -0.497 e. The van der Waals surface area contributed by atoms with Crippen LogP contribution in [0.2, 0.25) is 0 Å². The second kappa shape index (κ2) is 14.2. The number of anilines is 1. The van der Waals surface area contributed by atoms with Crippen LogP contribution in [-0.4, -0.2) is 86.2 Å². The lowest BCUT2D eigenvalue weighted by atomic mass is 10.1. The molecule has 1 aliphatic heterocycles. The molecule has 0 bridgehead atoms. The zero-order valence-electron chi connectivity index (χ0n) is 21.9. The van der Waals surface area contributed by atoms with Gasteiger partial charge >= 0.3 is 6.03 Å². The Morgan fingerprint density at radius 2 is 1.79 bits per heavy atom. The lowest BCUT2D eigenvalue weighted by molar-refractivity contribution is -0.132. The topological polar surface area (TPSA) is 87.5 Å². The molecule has 1 fully saturated rings. The number of nitrogens with zero attached hydrogens (tertiary/aromatic N) is 3. The highest BCUT2D eigenvalue weighted by Gasteiger charge is 2.23. The number of methoxy groups -OCH3 is 1. The molecule has 0 spiro atoms. The maximum Gasteiger partial charge on any atom is 0.322 e. The molecule has 38 heavy (non-hydrogen) atoms. The van der Waals surface area contributed by atoms with Gasteiger partial charge in [-0.15, -0.1) is 0 Å². The molecule has 0 atom stereocenters. The fourth-order valence-corrected chi connectivity index (χ4v) is 4.30. The van der Waals surface area contributed by atoms with Gasteiger partial charge < -0.3 is 29.0 Å². The van der Waals surface area contributed by atoms with Crippen molar-refractivity contribution in [2.24, 2.45) is 0 Å². The molecular weight excluding hydrogens is 484 g/mol. The van der Waals surface area contributed by atoms with E-state index in [-0.39, 0.29) is 18.5 Å². The van der Waals surface area contributed by atoms with Gasteiger partial charge in [-0.05, 0) is 36.2 Å². The maximum atomic E-state index is 13.6. The van der Waals surface area contributed by atoms with Gasteiger partial charge in [0, 0.05) is 44.5 Å². The van der Waals surface area contributed by atoms with Crippen LogP contribution in [0.5, 0.6) is 5.75 Å². The van der Waals surface area contributed by atoms with E-state index in [4.69, 9.17) is 13.9 Å².